The number of rotatable bonds is 6. The summed E-state index contributed by atoms with van der Waals surface area (Å²) in [6.07, 6.45) is -6.01. The van der Waals surface area contributed by atoms with Crippen LogP contribution in [0, 0.1) is 0 Å². The van der Waals surface area contributed by atoms with E-state index in [1.165, 1.54) is 18.2 Å². The zero-order valence-electron chi connectivity index (χ0n) is 24.8. The maximum atomic E-state index is 13.0. The molecule has 4 rings (SSSR count). The Hall–Kier alpha value is -5.37. The van der Waals surface area contributed by atoms with Gasteiger partial charge in [0.2, 0.25) is 0 Å². The third-order valence-corrected chi connectivity index (χ3v) is 7.10. The van der Waals surface area contributed by atoms with E-state index in [0.29, 0.717) is 0 Å². The minimum atomic E-state index is -2.00. The SMILES string of the molecule is O=C(NC1COC(O)C(NC(=O)c2cccc(O)c2O)COC(O)C(NC(=O)c2cccc(O)c2O)COC1O)c1cccc(O)c1O. The number of phenolic OH excluding ortho intramolecular Hbond substituents is 6. The molecule has 1 fully saturated rings. The molecule has 0 radical (unpaired) electrons. The molecule has 0 saturated carbocycles. The van der Waals surface area contributed by atoms with Gasteiger partial charge >= 0.3 is 0 Å². The monoisotopic (exact) mass is 675 g/mol. The molecule has 3 amide bonds. The maximum absolute atomic E-state index is 13.0. The van der Waals surface area contributed by atoms with Crippen LogP contribution in [-0.4, -0.2) is 120 Å². The summed E-state index contributed by atoms with van der Waals surface area (Å²) >= 11 is 0. The van der Waals surface area contributed by atoms with Crippen molar-refractivity contribution in [1.29, 1.82) is 0 Å². The standard InChI is InChI=1S/C30H33N3O15/c34-19-7-1-4-13(22(19)37)25(40)31-16-10-46-29(44)18(33-27(42)15-6-3-9-21(36)24(15)39)12-48-30(45)17(11-47-28(16)43)32-26(41)14-5-2-8-20(35)23(14)38/h1-9,16-18,28-30,34-39,43-45H,10-12H2,(H,31,40)(H,32,41)(H,33,42). The molecule has 1 aliphatic heterocycles. The van der Waals surface area contributed by atoms with E-state index in [0.717, 1.165) is 36.4 Å². The molecule has 258 valence electrons. The van der Waals surface area contributed by atoms with Crippen molar-refractivity contribution in [3.8, 4) is 34.5 Å². The minimum absolute atomic E-state index is 0.412. The first-order valence-electron chi connectivity index (χ1n) is 14.1. The van der Waals surface area contributed by atoms with Crippen molar-refractivity contribution in [1.82, 2.24) is 16.0 Å². The molecule has 3 aromatic rings. The summed E-state index contributed by atoms with van der Waals surface area (Å²) in [5.74, 6) is -7.29. The van der Waals surface area contributed by atoms with Gasteiger partial charge in [-0.05, 0) is 36.4 Å². The number of aromatic hydroxyl groups is 6. The van der Waals surface area contributed by atoms with Gasteiger partial charge in [0.15, 0.2) is 53.4 Å². The number of hydrogen-bond acceptors (Lipinski definition) is 15. The van der Waals surface area contributed by atoms with Crippen molar-refractivity contribution < 1.29 is 74.6 Å². The molecular weight excluding hydrogens is 642 g/mol. The number of amides is 3. The fourth-order valence-electron chi connectivity index (χ4n) is 4.42. The van der Waals surface area contributed by atoms with Gasteiger partial charge in [0, 0.05) is 0 Å². The quantitative estimate of drug-likeness (QED) is 0.134. The van der Waals surface area contributed by atoms with Crippen molar-refractivity contribution in [2.45, 2.75) is 37.0 Å². The fourth-order valence-corrected chi connectivity index (χ4v) is 4.42. The summed E-state index contributed by atoms with van der Waals surface area (Å²) in [5.41, 5.74) is -1.24. The van der Waals surface area contributed by atoms with Crippen LogP contribution in [0.25, 0.3) is 0 Å². The van der Waals surface area contributed by atoms with Crippen LogP contribution in [0.2, 0.25) is 0 Å². The Labute approximate surface area is 271 Å². The van der Waals surface area contributed by atoms with Gasteiger partial charge in [-0.3, -0.25) is 14.4 Å². The molecule has 0 aromatic heterocycles. The van der Waals surface area contributed by atoms with E-state index >= 15 is 0 Å². The lowest BCUT2D eigenvalue weighted by Crippen LogP contribution is -2.55. The van der Waals surface area contributed by atoms with E-state index < -0.39 is 126 Å². The summed E-state index contributed by atoms with van der Waals surface area (Å²) in [6.45, 7) is -2.18. The van der Waals surface area contributed by atoms with Crippen LogP contribution < -0.4 is 16.0 Å². The van der Waals surface area contributed by atoms with Gasteiger partial charge in [0.25, 0.3) is 17.7 Å². The molecule has 6 unspecified atom stereocenters. The number of benzene rings is 3. The molecule has 0 bridgehead atoms. The molecule has 48 heavy (non-hydrogen) atoms. The van der Waals surface area contributed by atoms with Crippen molar-refractivity contribution in [2.24, 2.45) is 0 Å². The third kappa shape index (κ3) is 8.31. The topological polar surface area (TPSA) is 297 Å². The average molecular weight is 676 g/mol. The Kier molecular flexibility index (Phi) is 11.4. The zero-order valence-corrected chi connectivity index (χ0v) is 24.8. The van der Waals surface area contributed by atoms with E-state index in [2.05, 4.69) is 16.0 Å². The van der Waals surface area contributed by atoms with Gasteiger partial charge in [-0.25, -0.2) is 0 Å². The Morgan fingerprint density at radius 3 is 0.979 bits per heavy atom. The number of aliphatic hydroxyl groups is 3. The summed E-state index contributed by atoms with van der Waals surface area (Å²) < 4.78 is 16.1. The number of hydrogen-bond donors (Lipinski definition) is 12. The summed E-state index contributed by atoms with van der Waals surface area (Å²) in [6, 6.07) is 5.92. The van der Waals surface area contributed by atoms with Crippen molar-refractivity contribution in [2.75, 3.05) is 19.8 Å². The Morgan fingerprint density at radius 2 is 0.729 bits per heavy atom. The Bertz CT molecular complexity index is 1450. The lowest BCUT2D eigenvalue weighted by Gasteiger charge is -2.32. The number of para-hydroxylation sites is 3. The highest BCUT2D eigenvalue weighted by Crippen LogP contribution is 2.30. The molecule has 0 aliphatic carbocycles. The molecule has 1 saturated heterocycles. The van der Waals surface area contributed by atoms with Crippen molar-refractivity contribution >= 4 is 17.7 Å². The molecule has 1 heterocycles. The summed E-state index contributed by atoms with van der Waals surface area (Å²) in [4.78, 5) is 38.9. The van der Waals surface area contributed by atoms with Crippen LogP contribution in [-0.2, 0) is 14.2 Å². The first-order valence-corrected chi connectivity index (χ1v) is 14.1. The fraction of sp³-hybridized carbons (Fsp3) is 0.300. The minimum Gasteiger partial charge on any atom is -0.504 e. The van der Waals surface area contributed by atoms with Gasteiger partial charge in [-0.2, -0.15) is 0 Å². The number of phenols is 6. The van der Waals surface area contributed by atoms with E-state index in [1.54, 1.807) is 0 Å². The van der Waals surface area contributed by atoms with Crippen molar-refractivity contribution in [3.05, 3.63) is 71.3 Å². The average Bonchev–Trinajstić information content (AvgIpc) is 3.05. The van der Waals surface area contributed by atoms with E-state index in [9.17, 15) is 60.3 Å². The van der Waals surface area contributed by atoms with Gasteiger partial charge in [-0.15, -0.1) is 0 Å². The molecule has 18 nitrogen and oxygen atoms in total. The van der Waals surface area contributed by atoms with Crippen LogP contribution in [0.1, 0.15) is 31.1 Å². The lowest BCUT2D eigenvalue weighted by atomic mass is 10.1. The number of ether oxygens (including phenoxy) is 3. The summed E-state index contributed by atoms with van der Waals surface area (Å²) in [5, 5.41) is 99.3. The second kappa shape index (κ2) is 15.5. The molecule has 12 N–H and O–H groups in total. The predicted octanol–water partition coefficient (Wildman–Crippen LogP) is -1.37. The summed E-state index contributed by atoms with van der Waals surface area (Å²) in [7, 11) is 0. The van der Waals surface area contributed by atoms with Crippen molar-refractivity contribution in [3.63, 3.8) is 0 Å². The maximum Gasteiger partial charge on any atom is 0.255 e. The van der Waals surface area contributed by atoms with Crippen LogP contribution in [0.3, 0.4) is 0 Å². The molecule has 0 spiro atoms. The molecule has 3 aromatic carbocycles. The highest BCUT2D eigenvalue weighted by atomic mass is 16.6. The molecule has 18 heteroatoms. The first-order chi connectivity index (χ1) is 22.8. The second-order valence-electron chi connectivity index (χ2n) is 10.4. The van der Waals surface area contributed by atoms with Crippen LogP contribution >= 0.6 is 0 Å². The van der Waals surface area contributed by atoms with Gasteiger partial charge < -0.3 is 76.1 Å². The lowest BCUT2D eigenvalue weighted by molar-refractivity contribution is -0.204. The third-order valence-electron chi connectivity index (χ3n) is 7.10. The van der Waals surface area contributed by atoms with Gasteiger partial charge in [0.05, 0.1) is 36.5 Å². The molecular formula is C30H33N3O15. The van der Waals surface area contributed by atoms with E-state index in [1.807, 2.05) is 0 Å². The van der Waals surface area contributed by atoms with Crippen LogP contribution in [0.15, 0.2) is 54.6 Å². The van der Waals surface area contributed by atoms with E-state index in [-0.39, 0.29) is 0 Å². The second-order valence-corrected chi connectivity index (χ2v) is 10.4. The largest absolute Gasteiger partial charge is 0.504 e. The highest BCUT2D eigenvalue weighted by molar-refractivity contribution is 5.99. The zero-order chi connectivity index (χ0) is 35.1. The van der Waals surface area contributed by atoms with Crippen LogP contribution in [0.5, 0.6) is 34.5 Å². The predicted molar refractivity (Wildman–Crippen MR) is 159 cm³/mol. The molecule has 6 atom stereocenters. The number of aliphatic hydroxyl groups excluding tert-OH is 3. The number of carbonyl (C=O) groups is 3. The van der Waals surface area contributed by atoms with Crippen LogP contribution in [0.4, 0.5) is 0 Å². The smallest absolute Gasteiger partial charge is 0.255 e. The van der Waals surface area contributed by atoms with Gasteiger partial charge in [-0.1, -0.05) is 18.2 Å². The van der Waals surface area contributed by atoms with E-state index in [4.69, 9.17) is 14.2 Å². The Balaban J connectivity index is 1.61. The Morgan fingerprint density at radius 1 is 0.479 bits per heavy atom. The number of nitrogens with one attached hydrogen (secondary N) is 3. The highest BCUT2D eigenvalue weighted by Gasteiger charge is 2.34. The van der Waals surface area contributed by atoms with Gasteiger partial charge in [0.1, 0.15) is 18.1 Å². The number of carbonyl (C=O) groups excluding carboxylic acids is 3. The molecule has 1 aliphatic rings. The first kappa shape index (κ1) is 35.5. The normalized spacial score (nSPS) is 23.6.